The molecule has 1 N–H and O–H groups in total. The second kappa shape index (κ2) is 6.92. The molecule has 0 fully saturated rings. The van der Waals surface area contributed by atoms with Crippen LogP contribution in [0, 0.1) is 6.92 Å². The summed E-state index contributed by atoms with van der Waals surface area (Å²) in [4.78, 5) is 4.38. The summed E-state index contributed by atoms with van der Waals surface area (Å²) < 4.78 is 2.51. The van der Waals surface area contributed by atoms with Crippen molar-refractivity contribution in [1.29, 1.82) is 0 Å². The molecule has 2 aromatic carbocycles. The molecule has 3 nitrogen and oxygen atoms in total. The number of aromatic nitrogens is 2. The van der Waals surface area contributed by atoms with E-state index in [0.29, 0.717) is 5.92 Å². The molecule has 2 aromatic heterocycles. The molecule has 3 heteroatoms. The van der Waals surface area contributed by atoms with Crippen LogP contribution in [0.3, 0.4) is 0 Å². The highest BCUT2D eigenvalue weighted by Crippen LogP contribution is 2.41. The molecule has 140 valence electrons. The highest BCUT2D eigenvalue weighted by atomic mass is 16.3. The fourth-order valence-electron chi connectivity index (χ4n) is 4.64. The second-order valence-electron chi connectivity index (χ2n) is 7.84. The standard InChI is InChI=1S/C25H24N2O/c1-17-7-9-23-22(11-17)25(21-12-18(16-28)13-26-14-21)24-10-8-20(15-27(23)24)19-5-3-2-4-6-19/h2-7,9,11-14,20,28H,8,10,15-16H2,1H3. The Labute approximate surface area is 165 Å². The van der Waals surface area contributed by atoms with Crippen molar-refractivity contribution in [1.82, 2.24) is 9.55 Å². The molecule has 0 spiro atoms. The molecule has 0 saturated carbocycles. The Morgan fingerprint density at radius 2 is 1.93 bits per heavy atom. The molecule has 5 rings (SSSR count). The summed E-state index contributed by atoms with van der Waals surface area (Å²) in [6.45, 7) is 3.17. The SMILES string of the molecule is Cc1ccc2c(c1)c(-c1cncc(CO)c1)c1n2CC(c2ccccc2)CC1. The van der Waals surface area contributed by atoms with Gasteiger partial charge in [-0.15, -0.1) is 0 Å². The second-order valence-corrected chi connectivity index (χ2v) is 7.84. The van der Waals surface area contributed by atoms with Crippen molar-refractivity contribution in [3.8, 4) is 11.1 Å². The van der Waals surface area contributed by atoms with Gasteiger partial charge in [-0.3, -0.25) is 4.98 Å². The van der Waals surface area contributed by atoms with Crippen LogP contribution in [0.25, 0.3) is 22.0 Å². The van der Waals surface area contributed by atoms with Crippen molar-refractivity contribution in [3.63, 3.8) is 0 Å². The van der Waals surface area contributed by atoms with Crippen LogP contribution in [0.5, 0.6) is 0 Å². The van der Waals surface area contributed by atoms with Crippen molar-refractivity contribution in [2.24, 2.45) is 0 Å². The Morgan fingerprint density at radius 1 is 1.07 bits per heavy atom. The van der Waals surface area contributed by atoms with Gasteiger partial charge in [0.1, 0.15) is 0 Å². The first-order valence-electron chi connectivity index (χ1n) is 9.96. The third-order valence-electron chi connectivity index (χ3n) is 6.00. The number of hydrogen-bond donors (Lipinski definition) is 1. The van der Waals surface area contributed by atoms with Gasteiger partial charge in [-0.05, 0) is 49.1 Å². The van der Waals surface area contributed by atoms with Gasteiger partial charge in [0.2, 0.25) is 0 Å². The number of aryl methyl sites for hydroxylation is 1. The fraction of sp³-hybridized carbons (Fsp3) is 0.240. The summed E-state index contributed by atoms with van der Waals surface area (Å²) in [5, 5.41) is 10.9. The quantitative estimate of drug-likeness (QED) is 0.537. The first kappa shape index (κ1) is 17.2. The molecule has 0 radical (unpaired) electrons. The molecule has 0 saturated heterocycles. The number of pyridine rings is 1. The summed E-state index contributed by atoms with van der Waals surface area (Å²) in [6, 6.07) is 19.7. The molecule has 1 aliphatic heterocycles. The Bertz CT molecular complexity index is 1140. The van der Waals surface area contributed by atoms with E-state index in [-0.39, 0.29) is 6.61 Å². The Morgan fingerprint density at radius 3 is 2.75 bits per heavy atom. The minimum absolute atomic E-state index is 0.0178. The van der Waals surface area contributed by atoms with Crippen molar-refractivity contribution in [2.45, 2.75) is 38.8 Å². The summed E-state index contributed by atoms with van der Waals surface area (Å²) in [5.74, 6) is 0.542. The highest BCUT2D eigenvalue weighted by Gasteiger charge is 2.26. The van der Waals surface area contributed by atoms with Gasteiger partial charge in [0, 0.05) is 52.6 Å². The van der Waals surface area contributed by atoms with Crippen molar-refractivity contribution < 1.29 is 5.11 Å². The lowest BCUT2D eigenvalue weighted by Crippen LogP contribution is -2.18. The molecular weight excluding hydrogens is 344 g/mol. The van der Waals surface area contributed by atoms with Crippen LogP contribution >= 0.6 is 0 Å². The number of nitrogens with zero attached hydrogens (tertiary/aromatic N) is 2. The summed E-state index contributed by atoms with van der Waals surface area (Å²) in [6.07, 6.45) is 5.87. The molecule has 0 amide bonds. The van der Waals surface area contributed by atoms with Crippen LogP contribution in [0.4, 0.5) is 0 Å². The normalized spacial score (nSPS) is 16.3. The predicted octanol–water partition coefficient (Wildman–Crippen LogP) is 5.23. The summed E-state index contributed by atoms with van der Waals surface area (Å²) in [5.41, 5.74) is 8.63. The van der Waals surface area contributed by atoms with Gasteiger partial charge < -0.3 is 9.67 Å². The van der Waals surface area contributed by atoms with Crippen molar-refractivity contribution in [3.05, 3.63) is 89.4 Å². The maximum Gasteiger partial charge on any atom is 0.0697 e. The molecule has 4 aromatic rings. The molecule has 1 unspecified atom stereocenters. The van der Waals surface area contributed by atoms with E-state index in [1.54, 1.807) is 6.20 Å². The molecule has 1 atom stereocenters. The van der Waals surface area contributed by atoms with E-state index in [4.69, 9.17) is 0 Å². The third kappa shape index (κ3) is 2.83. The number of aliphatic hydroxyl groups is 1. The third-order valence-corrected chi connectivity index (χ3v) is 6.00. The Balaban J connectivity index is 1.69. The largest absolute Gasteiger partial charge is 0.392 e. The van der Waals surface area contributed by atoms with Gasteiger partial charge in [-0.25, -0.2) is 0 Å². The van der Waals surface area contributed by atoms with Crippen LogP contribution in [0.15, 0.2) is 67.0 Å². The van der Waals surface area contributed by atoms with Crippen LogP contribution in [-0.2, 0) is 19.6 Å². The van der Waals surface area contributed by atoms with Crippen molar-refractivity contribution in [2.75, 3.05) is 0 Å². The molecule has 28 heavy (non-hydrogen) atoms. The van der Waals surface area contributed by atoms with E-state index in [9.17, 15) is 5.11 Å². The maximum absolute atomic E-state index is 9.57. The van der Waals surface area contributed by atoms with Crippen LogP contribution in [-0.4, -0.2) is 14.7 Å². The average molecular weight is 368 g/mol. The lowest BCUT2D eigenvalue weighted by molar-refractivity contribution is 0.281. The van der Waals surface area contributed by atoms with E-state index in [1.165, 1.54) is 33.3 Å². The molecule has 0 bridgehead atoms. The Kier molecular flexibility index (Phi) is 4.25. The van der Waals surface area contributed by atoms with Crippen LogP contribution in [0.1, 0.15) is 34.7 Å². The lowest BCUT2D eigenvalue weighted by Gasteiger charge is -2.26. The molecule has 3 heterocycles. The zero-order valence-electron chi connectivity index (χ0n) is 16.1. The number of aliphatic hydroxyl groups excluding tert-OH is 1. The van der Waals surface area contributed by atoms with Gasteiger partial charge in [0.15, 0.2) is 0 Å². The first-order valence-corrected chi connectivity index (χ1v) is 9.96. The maximum atomic E-state index is 9.57. The highest BCUT2D eigenvalue weighted by molar-refractivity contribution is 5.98. The van der Waals surface area contributed by atoms with E-state index in [0.717, 1.165) is 30.5 Å². The average Bonchev–Trinajstić information content (AvgIpc) is 3.07. The van der Waals surface area contributed by atoms with Crippen molar-refractivity contribution >= 4 is 10.9 Å². The fourth-order valence-corrected chi connectivity index (χ4v) is 4.64. The molecule has 0 aliphatic carbocycles. The Hall–Kier alpha value is -2.91. The van der Waals surface area contributed by atoms with Crippen LogP contribution < -0.4 is 0 Å². The number of fused-ring (bicyclic) bond motifs is 3. The predicted molar refractivity (Wildman–Crippen MR) is 113 cm³/mol. The first-order chi connectivity index (χ1) is 13.7. The van der Waals surface area contributed by atoms with E-state index >= 15 is 0 Å². The lowest BCUT2D eigenvalue weighted by atomic mass is 9.89. The molecular formula is C25H24N2O. The number of hydrogen-bond acceptors (Lipinski definition) is 2. The number of benzene rings is 2. The minimum atomic E-state index is 0.0178. The summed E-state index contributed by atoms with van der Waals surface area (Å²) >= 11 is 0. The van der Waals surface area contributed by atoms with E-state index in [2.05, 4.69) is 71.1 Å². The van der Waals surface area contributed by atoms with Crippen LogP contribution in [0.2, 0.25) is 0 Å². The zero-order valence-corrected chi connectivity index (χ0v) is 16.1. The van der Waals surface area contributed by atoms with Gasteiger partial charge in [0.05, 0.1) is 6.61 Å². The van der Waals surface area contributed by atoms with E-state index in [1.807, 2.05) is 6.20 Å². The summed E-state index contributed by atoms with van der Waals surface area (Å²) in [7, 11) is 0. The topological polar surface area (TPSA) is 38.1 Å². The monoisotopic (exact) mass is 368 g/mol. The molecule has 1 aliphatic rings. The minimum Gasteiger partial charge on any atom is -0.392 e. The number of rotatable bonds is 3. The smallest absolute Gasteiger partial charge is 0.0697 e. The van der Waals surface area contributed by atoms with Gasteiger partial charge >= 0.3 is 0 Å². The van der Waals surface area contributed by atoms with Gasteiger partial charge in [0.25, 0.3) is 0 Å². The zero-order chi connectivity index (χ0) is 19.1. The van der Waals surface area contributed by atoms with Gasteiger partial charge in [-0.2, -0.15) is 0 Å². The van der Waals surface area contributed by atoms with E-state index < -0.39 is 0 Å². The van der Waals surface area contributed by atoms with Gasteiger partial charge in [-0.1, -0.05) is 42.0 Å².